The van der Waals surface area contributed by atoms with Crippen LogP contribution in [0.3, 0.4) is 0 Å². The van der Waals surface area contributed by atoms with E-state index < -0.39 is 13.2 Å². The molecule has 2 atom stereocenters. The number of hydrogen-bond donors (Lipinski definition) is 0. The zero-order valence-electron chi connectivity index (χ0n) is 14.2. The van der Waals surface area contributed by atoms with Gasteiger partial charge in [-0.25, -0.2) is 0 Å². The fourth-order valence-corrected chi connectivity index (χ4v) is 4.08. The van der Waals surface area contributed by atoms with E-state index in [0.717, 1.165) is 25.7 Å². The minimum absolute atomic E-state index is 0.0624. The molecular formula is C15H27N3O3Si. The number of aromatic nitrogens is 2. The topological polar surface area (TPSA) is 70.2 Å². The van der Waals surface area contributed by atoms with Gasteiger partial charge in [0.2, 0.25) is 0 Å². The molecule has 0 aromatic carbocycles. The van der Waals surface area contributed by atoms with Gasteiger partial charge in [0, 0.05) is 6.10 Å². The van der Waals surface area contributed by atoms with Gasteiger partial charge in [-0.15, -0.1) is 0 Å². The van der Waals surface area contributed by atoms with Crippen LogP contribution < -0.4 is 0 Å². The lowest BCUT2D eigenvalue weighted by Crippen LogP contribution is -2.45. The van der Waals surface area contributed by atoms with Crippen molar-refractivity contribution in [3.63, 3.8) is 0 Å². The first kappa shape index (κ1) is 17.1. The second-order valence-corrected chi connectivity index (χ2v) is 12.5. The van der Waals surface area contributed by atoms with Gasteiger partial charge >= 0.3 is 5.69 Å². The average molecular weight is 325 g/mol. The highest BCUT2D eigenvalue weighted by molar-refractivity contribution is 6.74. The molecule has 1 aromatic rings. The quantitative estimate of drug-likeness (QED) is 0.470. The van der Waals surface area contributed by atoms with Crippen molar-refractivity contribution < 1.29 is 9.35 Å². The van der Waals surface area contributed by atoms with Crippen LogP contribution in [0.2, 0.25) is 18.1 Å². The van der Waals surface area contributed by atoms with E-state index in [1.807, 2.05) is 0 Å². The summed E-state index contributed by atoms with van der Waals surface area (Å²) in [5.41, 5.74) is 0.0624. The molecule has 1 aliphatic rings. The molecule has 0 N–H and O–H groups in total. The molecule has 0 spiro atoms. The van der Waals surface area contributed by atoms with Gasteiger partial charge < -0.3 is 4.43 Å². The number of nitrogens with zero attached hydrogens (tertiary/aromatic N) is 3. The largest absolute Gasteiger partial charge is 0.414 e. The molecule has 1 saturated carbocycles. The van der Waals surface area contributed by atoms with E-state index in [0.29, 0.717) is 0 Å². The minimum atomic E-state index is -1.77. The van der Waals surface area contributed by atoms with Crippen molar-refractivity contribution in [2.45, 2.75) is 76.7 Å². The Morgan fingerprint density at radius 2 is 2.09 bits per heavy atom. The SMILES string of the molecule is CC(C)(C)[Si](C)(C)O[C@@H]1CCC[C@H](n2cc([N+](=O)[O-])cn2)C1. The van der Waals surface area contributed by atoms with E-state index in [-0.39, 0.29) is 22.9 Å². The zero-order chi connectivity index (χ0) is 16.5. The molecule has 2 rings (SSSR count). The minimum Gasteiger partial charge on any atom is -0.414 e. The van der Waals surface area contributed by atoms with E-state index in [2.05, 4.69) is 39.0 Å². The lowest BCUT2D eigenvalue weighted by atomic mass is 9.93. The Hall–Kier alpha value is -1.21. The maximum Gasteiger partial charge on any atom is 0.307 e. The number of hydrogen-bond acceptors (Lipinski definition) is 4. The van der Waals surface area contributed by atoms with Crippen LogP contribution in [0.4, 0.5) is 5.69 Å². The molecule has 124 valence electrons. The molecule has 0 amide bonds. The van der Waals surface area contributed by atoms with Crippen molar-refractivity contribution >= 4 is 14.0 Å². The van der Waals surface area contributed by atoms with Gasteiger partial charge in [0.25, 0.3) is 0 Å². The summed E-state index contributed by atoms with van der Waals surface area (Å²) in [7, 11) is -1.77. The van der Waals surface area contributed by atoms with Crippen molar-refractivity contribution in [3.8, 4) is 0 Å². The van der Waals surface area contributed by atoms with Gasteiger partial charge in [-0.1, -0.05) is 20.8 Å². The first-order chi connectivity index (χ1) is 10.1. The normalized spacial score (nSPS) is 23.5. The lowest BCUT2D eigenvalue weighted by molar-refractivity contribution is -0.385. The van der Waals surface area contributed by atoms with E-state index >= 15 is 0 Å². The first-order valence-electron chi connectivity index (χ1n) is 7.96. The monoisotopic (exact) mass is 325 g/mol. The Balaban J connectivity index is 2.04. The summed E-state index contributed by atoms with van der Waals surface area (Å²) >= 11 is 0. The highest BCUT2D eigenvalue weighted by Crippen LogP contribution is 2.40. The van der Waals surface area contributed by atoms with Crippen LogP contribution in [-0.2, 0) is 4.43 Å². The summed E-state index contributed by atoms with van der Waals surface area (Å²) in [5, 5.41) is 15.2. The van der Waals surface area contributed by atoms with Gasteiger partial charge in [-0.05, 0) is 43.8 Å². The van der Waals surface area contributed by atoms with Crippen molar-refractivity contribution in [3.05, 3.63) is 22.5 Å². The lowest BCUT2D eigenvalue weighted by Gasteiger charge is -2.41. The molecule has 22 heavy (non-hydrogen) atoms. The maximum absolute atomic E-state index is 10.8. The molecule has 7 heteroatoms. The van der Waals surface area contributed by atoms with Crippen LogP contribution in [0.5, 0.6) is 0 Å². The third-order valence-corrected chi connectivity index (χ3v) is 9.57. The number of nitro groups is 1. The van der Waals surface area contributed by atoms with Crippen LogP contribution in [0, 0.1) is 10.1 Å². The molecule has 1 fully saturated rings. The fraction of sp³-hybridized carbons (Fsp3) is 0.800. The molecule has 6 nitrogen and oxygen atoms in total. The molecule has 0 bridgehead atoms. The number of rotatable bonds is 4. The van der Waals surface area contributed by atoms with Crippen molar-refractivity contribution in [2.75, 3.05) is 0 Å². The van der Waals surface area contributed by atoms with Crippen LogP contribution in [-0.4, -0.2) is 29.1 Å². The smallest absolute Gasteiger partial charge is 0.307 e. The Labute approximate surface area is 133 Å². The van der Waals surface area contributed by atoms with Crippen LogP contribution in [0.1, 0.15) is 52.5 Å². The van der Waals surface area contributed by atoms with Crippen molar-refractivity contribution in [1.82, 2.24) is 9.78 Å². The van der Waals surface area contributed by atoms with E-state index in [4.69, 9.17) is 4.43 Å². The summed E-state index contributed by atoms with van der Waals surface area (Å²) in [4.78, 5) is 10.4. The molecule has 0 unspecified atom stereocenters. The van der Waals surface area contributed by atoms with E-state index in [9.17, 15) is 10.1 Å². The van der Waals surface area contributed by atoms with E-state index in [1.54, 1.807) is 10.9 Å². The van der Waals surface area contributed by atoms with Crippen LogP contribution in [0.15, 0.2) is 12.4 Å². The Bertz CT molecular complexity index is 536. The summed E-state index contributed by atoms with van der Waals surface area (Å²) < 4.78 is 8.26. The zero-order valence-corrected chi connectivity index (χ0v) is 15.2. The molecule has 1 aromatic heterocycles. The van der Waals surface area contributed by atoms with Crippen molar-refractivity contribution in [1.29, 1.82) is 0 Å². The third kappa shape index (κ3) is 3.75. The molecular weight excluding hydrogens is 298 g/mol. The Morgan fingerprint density at radius 3 is 2.64 bits per heavy atom. The first-order valence-corrected chi connectivity index (χ1v) is 10.9. The molecule has 0 aliphatic heterocycles. The van der Waals surface area contributed by atoms with Crippen molar-refractivity contribution in [2.24, 2.45) is 0 Å². The second kappa shape index (κ2) is 6.12. The summed E-state index contributed by atoms with van der Waals surface area (Å²) in [6.07, 6.45) is 7.17. The molecule has 1 heterocycles. The van der Waals surface area contributed by atoms with Crippen LogP contribution in [0.25, 0.3) is 0 Å². The van der Waals surface area contributed by atoms with Gasteiger partial charge in [0.1, 0.15) is 12.4 Å². The van der Waals surface area contributed by atoms with Gasteiger partial charge in [0.05, 0.1) is 11.0 Å². The van der Waals surface area contributed by atoms with Gasteiger partial charge in [-0.2, -0.15) is 5.10 Å². The molecule has 1 aliphatic carbocycles. The summed E-state index contributed by atoms with van der Waals surface area (Å²) in [6, 6.07) is 0.206. The van der Waals surface area contributed by atoms with Gasteiger partial charge in [0.15, 0.2) is 8.32 Å². The second-order valence-electron chi connectivity index (χ2n) is 7.76. The van der Waals surface area contributed by atoms with E-state index in [1.165, 1.54) is 6.20 Å². The molecule has 0 saturated heterocycles. The highest BCUT2D eigenvalue weighted by Gasteiger charge is 2.40. The predicted octanol–water partition coefficient (Wildman–Crippen LogP) is 4.30. The average Bonchev–Trinajstić information content (AvgIpc) is 2.86. The van der Waals surface area contributed by atoms with Crippen LogP contribution >= 0.6 is 0 Å². The highest BCUT2D eigenvalue weighted by atomic mass is 28.4. The Kier molecular flexibility index (Phi) is 4.77. The maximum atomic E-state index is 10.8. The van der Waals surface area contributed by atoms with Gasteiger partial charge in [-0.3, -0.25) is 14.8 Å². The standard InChI is InChI=1S/C15H27N3O3Si/c1-15(2,3)22(4,5)21-14-8-6-7-12(9-14)17-11-13(10-16-17)18(19)20/h10-12,14H,6-9H2,1-5H3/t12-,14+/m0/s1. The molecule has 0 radical (unpaired) electrons. The predicted molar refractivity (Wildman–Crippen MR) is 88.5 cm³/mol. The fourth-order valence-electron chi connectivity index (χ4n) is 2.68. The third-order valence-electron chi connectivity index (χ3n) is 5.04. The summed E-state index contributed by atoms with van der Waals surface area (Å²) in [6.45, 7) is 11.3. The summed E-state index contributed by atoms with van der Waals surface area (Å²) in [5.74, 6) is 0. The Morgan fingerprint density at radius 1 is 1.41 bits per heavy atom.